The normalized spacial score (nSPS) is 10.5. The van der Waals surface area contributed by atoms with E-state index in [0.29, 0.717) is 11.1 Å². The summed E-state index contributed by atoms with van der Waals surface area (Å²) < 4.78 is 4.70. The Labute approximate surface area is 71.6 Å². The van der Waals surface area contributed by atoms with Gasteiger partial charge in [-0.3, -0.25) is 4.98 Å². The maximum absolute atomic E-state index is 10.7. The van der Waals surface area contributed by atoms with Crippen molar-refractivity contribution in [2.24, 2.45) is 0 Å². The number of nitrogens with one attached hydrogen (secondary N) is 1. The molecule has 0 saturated heterocycles. The van der Waals surface area contributed by atoms with Gasteiger partial charge in [0.05, 0.1) is 11.1 Å². The topological polar surface area (TPSA) is 83.3 Å². The van der Waals surface area contributed by atoms with Gasteiger partial charge in [-0.15, -0.1) is 0 Å². The van der Waals surface area contributed by atoms with Gasteiger partial charge in [0.15, 0.2) is 5.58 Å². The molecule has 1 heterocycles. The summed E-state index contributed by atoms with van der Waals surface area (Å²) in [6.45, 7) is 0. The van der Waals surface area contributed by atoms with E-state index < -0.39 is 11.7 Å². The standard InChI is InChI=1S/C8H5NO4/c10-7(11)4-1-2-6-5(3-4)9-8(12)13-6/h1-3H,(H,9,12)(H,10,11). The van der Waals surface area contributed by atoms with E-state index in [1.54, 1.807) is 0 Å². The molecule has 0 aliphatic carbocycles. The molecule has 0 amide bonds. The maximum atomic E-state index is 10.7. The molecule has 2 aromatic rings. The monoisotopic (exact) mass is 179 g/mol. The fourth-order valence-electron chi connectivity index (χ4n) is 1.09. The molecular formula is C8H5NO4. The van der Waals surface area contributed by atoms with Crippen molar-refractivity contribution in [2.75, 3.05) is 0 Å². The number of oxazole rings is 1. The molecule has 5 nitrogen and oxygen atoms in total. The lowest BCUT2D eigenvalue weighted by molar-refractivity contribution is 0.0697. The number of carboxylic acids is 1. The van der Waals surface area contributed by atoms with Crippen molar-refractivity contribution in [3.8, 4) is 0 Å². The molecule has 0 unspecified atom stereocenters. The van der Waals surface area contributed by atoms with E-state index in [1.165, 1.54) is 18.2 Å². The predicted molar refractivity (Wildman–Crippen MR) is 43.8 cm³/mol. The van der Waals surface area contributed by atoms with Crippen LogP contribution in [0.1, 0.15) is 10.4 Å². The van der Waals surface area contributed by atoms with Crippen LogP contribution < -0.4 is 5.76 Å². The van der Waals surface area contributed by atoms with Crippen LogP contribution in [-0.2, 0) is 0 Å². The van der Waals surface area contributed by atoms with Crippen molar-refractivity contribution in [1.29, 1.82) is 0 Å². The van der Waals surface area contributed by atoms with E-state index in [9.17, 15) is 9.59 Å². The number of carbonyl (C=O) groups is 1. The first kappa shape index (κ1) is 7.60. The van der Waals surface area contributed by atoms with Gasteiger partial charge in [0.1, 0.15) is 0 Å². The number of benzene rings is 1. The molecule has 0 saturated carbocycles. The first-order valence-corrected chi connectivity index (χ1v) is 3.53. The number of hydrogen-bond acceptors (Lipinski definition) is 3. The highest BCUT2D eigenvalue weighted by atomic mass is 16.4. The van der Waals surface area contributed by atoms with Gasteiger partial charge in [-0.05, 0) is 18.2 Å². The summed E-state index contributed by atoms with van der Waals surface area (Å²) in [5.41, 5.74) is 0.865. The second-order valence-corrected chi connectivity index (χ2v) is 2.53. The molecule has 0 atom stereocenters. The Morgan fingerprint density at radius 1 is 1.46 bits per heavy atom. The Balaban J connectivity index is 2.74. The number of aromatic amines is 1. The van der Waals surface area contributed by atoms with Gasteiger partial charge in [0.25, 0.3) is 0 Å². The van der Waals surface area contributed by atoms with Crippen LogP contribution in [0, 0.1) is 0 Å². The van der Waals surface area contributed by atoms with Gasteiger partial charge in [0, 0.05) is 0 Å². The van der Waals surface area contributed by atoms with E-state index in [-0.39, 0.29) is 5.56 Å². The molecule has 2 N–H and O–H groups in total. The third kappa shape index (κ3) is 1.20. The second-order valence-electron chi connectivity index (χ2n) is 2.53. The minimum atomic E-state index is -1.04. The minimum Gasteiger partial charge on any atom is -0.478 e. The zero-order chi connectivity index (χ0) is 9.42. The van der Waals surface area contributed by atoms with E-state index in [4.69, 9.17) is 9.52 Å². The van der Waals surface area contributed by atoms with Gasteiger partial charge >= 0.3 is 11.7 Å². The summed E-state index contributed by atoms with van der Waals surface area (Å²) in [5, 5.41) is 8.63. The van der Waals surface area contributed by atoms with Gasteiger partial charge < -0.3 is 9.52 Å². The molecule has 5 heteroatoms. The molecule has 0 spiro atoms. The molecule has 0 fully saturated rings. The zero-order valence-corrected chi connectivity index (χ0v) is 6.40. The Kier molecular flexibility index (Phi) is 1.45. The maximum Gasteiger partial charge on any atom is 0.417 e. The predicted octanol–water partition coefficient (Wildman–Crippen LogP) is 0.819. The molecule has 0 aliphatic heterocycles. The average Bonchev–Trinajstić information content (AvgIpc) is 2.42. The number of hydrogen-bond donors (Lipinski definition) is 2. The van der Waals surface area contributed by atoms with Gasteiger partial charge in [-0.1, -0.05) is 0 Å². The van der Waals surface area contributed by atoms with Crippen LogP contribution in [0.5, 0.6) is 0 Å². The first-order chi connectivity index (χ1) is 6.16. The summed E-state index contributed by atoms with van der Waals surface area (Å²) in [4.78, 5) is 23.6. The Morgan fingerprint density at radius 3 is 2.92 bits per heavy atom. The smallest absolute Gasteiger partial charge is 0.417 e. The lowest BCUT2D eigenvalue weighted by Gasteiger charge is -1.91. The minimum absolute atomic E-state index is 0.115. The molecule has 1 aromatic heterocycles. The number of aromatic carboxylic acids is 1. The van der Waals surface area contributed by atoms with Crippen LogP contribution >= 0.6 is 0 Å². The van der Waals surface area contributed by atoms with Crippen molar-refractivity contribution in [2.45, 2.75) is 0 Å². The first-order valence-electron chi connectivity index (χ1n) is 3.53. The highest BCUT2D eigenvalue weighted by Gasteiger charge is 2.06. The van der Waals surface area contributed by atoms with Gasteiger partial charge in [-0.2, -0.15) is 0 Å². The molecule has 13 heavy (non-hydrogen) atoms. The van der Waals surface area contributed by atoms with E-state index in [1.807, 2.05) is 0 Å². The number of fused-ring (bicyclic) bond motifs is 1. The van der Waals surface area contributed by atoms with Crippen molar-refractivity contribution < 1.29 is 14.3 Å². The van der Waals surface area contributed by atoms with Gasteiger partial charge in [-0.25, -0.2) is 9.59 Å². The number of carboxylic acid groups (broad SMARTS) is 1. The molecule has 0 radical (unpaired) electrons. The van der Waals surface area contributed by atoms with Crippen LogP contribution in [0.4, 0.5) is 0 Å². The van der Waals surface area contributed by atoms with Crippen molar-refractivity contribution in [1.82, 2.24) is 4.98 Å². The van der Waals surface area contributed by atoms with E-state index >= 15 is 0 Å². The van der Waals surface area contributed by atoms with Gasteiger partial charge in [0.2, 0.25) is 0 Å². The third-order valence-electron chi connectivity index (χ3n) is 1.67. The highest BCUT2D eigenvalue weighted by molar-refractivity contribution is 5.91. The summed E-state index contributed by atoms with van der Waals surface area (Å²) in [7, 11) is 0. The Hall–Kier alpha value is -2.04. The van der Waals surface area contributed by atoms with Crippen molar-refractivity contribution in [3.63, 3.8) is 0 Å². The number of aromatic nitrogens is 1. The molecule has 0 bridgehead atoms. The van der Waals surface area contributed by atoms with Crippen LogP contribution in [-0.4, -0.2) is 16.1 Å². The summed E-state index contributed by atoms with van der Waals surface area (Å²) in [6.07, 6.45) is 0. The van der Waals surface area contributed by atoms with Crippen LogP contribution in [0.3, 0.4) is 0 Å². The van der Waals surface area contributed by atoms with Crippen molar-refractivity contribution >= 4 is 17.1 Å². The summed E-state index contributed by atoms with van der Waals surface area (Å²) in [5.74, 6) is -1.62. The molecule has 2 rings (SSSR count). The molecular weight excluding hydrogens is 174 g/mol. The zero-order valence-electron chi connectivity index (χ0n) is 6.40. The summed E-state index contributed by atoms with van der Waals surface area (Å²) in [6, 6.07) is 4.17. The van der Waals surface area contributed by atoms with Crippen LogP contribution in [0.15, 0.2) is 27.4 Å². The van der Waals surface area contributed by atoms with Crippen LogP contribution in [0.25, 0.3) is 11.1 Å². The van der Waals surface area contributed by atoms with Crippen LogP contribution in [0.2, 0.25) is 0 Å². The average molecular weight is 179 g/mol. The summed E-state index contributed by atoms with van der Waals surface area (Å²) >= 11 is 0. The fraction of sp³-hybridized carbons (Fsp3) is 0. The number of rotatable bonds is 1. The van der Waals surface area contributed by atoms with E-state index in [0.717, 1.165) is 0 Å². The highest BCUT2D eigenvalue weighted by Crippen LogP contribution is 2.11. The molecule has 0 aliphatic rings. The third-order valence-corrected chi connectivity index (χ3v) is 1.67. The lowest BCUT2D eigenvalue weighted by atomic mass is 10.2. The SMILES string of the molecule is O=C(O)c1ccc2oc(=O)[nH]c2c1. The van der Waals surface area contributed by atoms with Crippen molar-refractivity contribution in [3.05, 3.63) is 34.3 Å². The Morgan fingerprint density at radius 2 is 2.23 bits per heavy atom. The Bertz CT molecular complexity index is 522. The molecule has 1 aromatic carbocycles. The molecule has 66 valence electrons. The quantitative estimate of drug-likeness (QED) is 0.678. The van der Waals surface area contributed by atoms with E-state index in [2.05, 4.69) is 4.98 Å². The largest absolute Gasteiger partial charge is 0.478 e. The fourth-order valence-corrected chi connectivity index (χ4v) is 1.09. The lowest BCUT2D eigenvalue weighted by Crippen LogP contribution is -1.95. The second kappa shape index (κ2) is 2.48. The number of H-pyrrole nitrogens is 1.